The van der Waals surface area contributed by atoms with Crippen molar-refractivity contribution >= 4 is 29.2 Å². The van der Waals surface area contributed by atoms with Gasteiger partial charge in [0, 0.05) is 13.1 Å². The number of carbonyl (C=O) groups excluding carboxylic acids is 1. The number of amides is 1. The molecule has 0 saturated heterocycles. The molecular weight excluding hydrogens is 447 g/mol. The molecule has 170 valence electrons. The van der Waals surface area contributed by atoms with E-state index in [0.717, 1.165) is 11.1 Å². The van der Waals surface area contributed by atoms with Gasteiger partial charge in [0.2, 0.25) is 5.91 Å². The zero-order valence-corrected chi connectivity index (χ0v) is 17.7. The van der Waals surface area contributed by atoms with Crippen LogP contribution in [-0.2, 0) is 35.6 Å². The van der Waals surface area contributed by atoms with Crippen LogP contribution in [0.25, 0.3) is 0 Å². The van der Waals surface area contributed by atoms with Crippen molar-refractivity contribution in [1.29, 1.82) is 0 Å². The summed E-state index contributed by atoms with van der Waals surface area (Å²) >= 11 is 6.58. The molecule has 2 aromatic carbocycles. The number of carboxylic acid groups (broad SMARTS) is 1. The second kappa shape index (κ2) is 8.63. The van der Waals surface area contributed by atoms with E-state index in [0.29, 0.717) is 39.8 Å². The van der Waals surface area contributed by atoms with Crippen molar-refractivity contribution < 1.29 is 27.9 Å². The van der Waals surface area contributed by atoms with Gasteiger partial charge in [0.1, 0.15) is 6.54 Å². The van der Waals surface area contributed by atoms with Crippen molar-refractivity contribution in [3.8, 4) is 0 Å². The van der Waals surface area contributed by atoms with Crippen molar-refractivity contribution in [2.75, 3.05) is 11.6 Å². The lowest BCUT2D eigenvalue weighted by atomic mass is 9.91. The van der Waals surface area contributed by atoms with Crippen molar-refractivity contribution in [1.82, 2.24) is 10.3 Å². The van der Waals surface area contributed by atoms with Crippen molar-refractivity contribution in [3.05, 3.63) is 63.7 Å². The summed E-state index contributed by atoms with van der Waals surface area (Å²) in [5, 5.41) is 11.4. The molecule has 0 aromatic heterocycles. The molecule has 6 nitrogen and oxygen atoms in total. The Kier molecular flexibility index (Phi) is 6.05. The maximum Gasteiger partial charge on any atom is 0.406 e. The summed E-state index contributed by atoms with van der Waals surface area (Å²) in [6.45, 7) is -0.827. The van der Waals surface area contributed by atoms with Crippen LogP contribution >= 0.6 is 11.6 Å². The van der Waals surface area contributed by atoms with Gasteiger partial charge in [-0.3, -0.25) is 9.59 Å². The number of halogens is 4. The van der Waals surface area contributed by atoms with Gasteiger partial charge >= 0.3 is 12.1 Å². The molecule has 0 fully saturated rings. The number of hydrogen-bond acceptors (Lipinski definition) is 4. The highest BCUT2D eigenvalue weighted by molar-refractivity contribution is 6.33. The molecule has 2 aromatic rings. The molecule has 10 heteroatoms. The molecule has 2 aliphatic heterocycles. The Bertz CT molecular complexity index is 1050. The lowest BCUT2D eigenvalue weighted by molar-refractivity contribution is -0.165. The highest BCUT2D eigenvalue weighted by Gasteiger charge is 2.40. The van der Waals surface area contributed by atoms with E-state index in [4.69, 9.17) is 11.6 Å². The van der Waals surface area contributed by atoms with E-state index in [1.165, 1.54) is 0 Å². The van der Waals surface area contributed by atoms with Crippen LogP contribution in [0.1, 0.15) is 28.7 Å². The predicted octanol–water partition coefficient (Wildman–Crippen LogP) is 3.90. The van der Waals surface area contributed by atoms with E-state index in [1.807, 2.05) is 35.3 Å². The number of benzene rings is 2. The van der Waals surface area contributed by atoms with Crippen molar-refractivity contribution in [2.45, 2.75) is 38.7 Å². The summed E-state index contributed by atoms with van der Waals surface area (Å²) in [7, 11) is 0. The number of hydrogen-bond donors (Lipinski definition) is 2. The van der Waals surface area contributed by atoms with E-state index in [2.05, 4.69) is 5.43 Å². The molecule has 0 radical (unpaired) electrons. The van der Waals surface area contributed by atoms with Crippen LogP contribution in [0, 0.1) is 5.92 Å². The Morgan fingerprint density at radius 1 is 1.22 bits per heavy atom. The second-order valence-corrected chi connectivity index (χ2v) is 8.45. The summed E-state index contributed by atoms with van der Waals surface area (Å²) in [5.74, 6) is -3.13. The molecule has 0 bridgehead atoms. The Hall–Kier alpha value is -2.78. The van der Waals surface area contributed by atoms with Gasteiger partial charge in [-0.15, -0.1) is 0 Å². The highest BCUT2D eigenvalue weighted by Crippen LogP contribution is 2.41. The van der Waals surface area contributed by atoms with E-state index in [-0.39, 0.29) is 13.0 Å². The summed E-state index contributed by atoms with van der Waals surface area (Å²) in [6, 6.07) is 11.3. The Labute approximate surface area is 187 Å². The Morgan fingerprint density at radius 3 is 2.59 bits per heavy atom. The fourth-order valence-corrected chi connectivity index (χ4v) is 4.75. The molecule has 0 unspecified atom stereocenters. The zero-order chi connectivity index (χ0) is 23.0. The summed E-state index contributed by atoms with van der Waals surface area (Å²) in [4.78, 5) is 24.8. The summed E-state index contributed by atoms with van der Waals surface area (Å²) in [5.41, 5.74) is 6.87. The van der Waals surface area contributed by atoms with Gasteiger partial charge in [-0.25, -0.2) is 5.43 Å². The fourth-order valence-electron chi connectivity index (χ4n) is 4.41. The van der Waals surface area contributed by atoms with Crippen LogP contribution in [0.5, 0.6) is 0 Å². The molecule has 0 saturated carbocycles. The van der Waals surface area contributed by atoms with Gasteiger partial charge in [-0.1, -0.05) is 41.9 Å². The van der Waals surface area contributed by atoms with Gasteiger partial charge in [0.15, 0.2) is 0 Å². The van der Waals surface area contributed by atoms with Crippen LogP contribution in [-0.4, -0.2) is 34.6 Å². The van der Waals surface area contributed by atoms with Gasteiger partial charge in [0.05, 0.1) is 29.6 Å². The number of carboxylic acids is 1. The number of nitrogens with zero attached hydrogens (tertiary/aromatic N) is 2. The fraction of sp³-hybridized carbons (Fsp3) is 0.364. The molecular formula is C22H21ClF3N3O3. The lowest BCUT2D eigenvalue weighted by Crippen LogP contribution is -2.41. The largest absolute Gasteiger partial charge is 0.481 e. The first-order valence-corrected chi connectivity index (χ1v) is 10.5. The Morgan fingerprint density at radius 2 is 1.94 bits per heavy atom. The van der Waals surface area contributed by atoms with Crippen LogP contribution in [0.3, 0.4) is 0 Å². The maximum absolute atomic E-state index is 13.2. The average molecular weight is 468 g/mol. The second-order valence-electron chi connectivity index (χ2n) is 8.04. The topological polar surface area (TPSA) is 72.9 Å². The molecule has 2 heterocycles. The van der Waals surface area contributed by atoms with Gasteiger partial charge in [-0.05, 0) is 34.7 Å². The summed E-state index contributed by atoms with van der Waals surface area (Å²) < 4.78 is 39.6. The molecule has 4 rings (SSSR count). The van der Waals surface area contributed by atoms with Crippen molar-refractivity contribution in [2.24, 2.45) is 5.92 Å². The SMILES string of the molecule is O=C(O)C[C@@H]1Cc2cc(Cl)c3c(c2CN(CC(F)(F)F)C1=O)CNN3Cc1ccccc1. The highest BCUT2D eigenvalue weighted by atomic mass is 35.5. The summed E-state index contributed by atoms with van der Waals surface area (Å²) in [6.07, 6.45) is -5.11. The third-order valence-corrected chi connectivity index (χ3v) is 6.02. The number of anilines is 1. The van der Waals surface area contributed by atoms with E-state index in [1.54, 1.807) is 6.07 Å². The predicted molar refractivity (Wildman–Crippen MR) is 112 cm³/mol. The van der Waals surface area contributed by atoms with Crippen LogP contribution in [0.2, 0.25) is 5.02 Å². The van der Waals surface area contributed by atoms with Crippen LogP contribution in [0.15, 0.2) is 36.4 Å². The van der Waals surface area contributed by atoms with Crippen LogP contribution in [0.4, 0.5) is 18.9 Å². The number of carbonyl (C=O) groups is 2. The Balaban J connectivity index is 1.73. The average Bonchev–Trinajstić information content (AvgIpc) is 3.07. The monoisotopic (exact) mass is 467 g/mol. The smallest absolute Gasteiger partial charge is 0.406 e. The normalized spacial score (nSPS) is 18.4. The van der Waals surface area contributed by atoms with Gasteiger partial charge in [0.25, 0.3) is 0 Å². The zero-order valence-electron chi connectivity index (χ0n) is 17.0. The molecule has 2 N–H and O–H groups in total. The molecule has 0 aliphatic carbocycles. The molecule has 32 heavy (non-hydrogen) atoms. The number of fused-ring (bicyclic) bond motifs is 3. The number of alkyl halides is 3. The first kappa shape index (κ1) is 22.4. The van der Waals surface area contributed by atoms with Gasteiger partial charge in [-0.2, -0.15) is 13.2 Å². The van der Waals surface area contributed by atoms with E-state index in [9.17, 15) is 27.9 Å². The van der Waals surface area contributed by atoms with E-state index >= 15 is 0 Å². The van der Waals surface area contributed by atoms with Crippen LogP contribution < -0.4 is 10.4 Å². The number of aliphatic carboxylic acids is 1. The number of hydrazine groups is 1. The number of nitrogens with one attached hydrogen (secondary N) is 1. The number of rotatable bonds is 5. The lowest BCUT2D eigenvalue weighted by Gasteiger charge is -2.25. The minimum Gasteiger partial charge on any atom is -0.481 e. The molecule has 2 aliphatic rings. The minimum absolute atomic E-state index is 0.0283. The standard InChI is InChI=1S/C22H21ClF3N3O3/c23-18-7-14-6-15(8-19(30)31)21(32)28(12-22(24,25)26)11-17(14)16-9-27-29(20(16)18)10-13-4-2-1-3-5-13/h1-5,7,15,27H,6,8-12H2,(H,30,31)/t15-/m0/s1. The quantitative estimate of drug-likeness (QED) is 0.697. The third kappa shape index (κ3) is 4.68. The first-order chi connectivity index (χ1) is 15.1. The van der Waals surface area contributed by atoms with Gasteiger partial charge < -0.3 is 15.0 Å². The molecule has 1 amide bonds. The maximum atomic E-state index is 13.2. The third-order valence-electron chi connectivity index (χ3n) is 5.73. The van der Waals surface area contributed by atoms with E-state index < -0.39 is 36.9 Å². The van der Waals surface area contributed by atoms with Crippen molar-refractivity contribution in [3.63, 3.8) is 0 Å². The molecule has 1 atom stereocenters. The minimum atomic E-state index is -4.60. The molecule has 0 spiro atoms. The first-order valence-electron chi connectivity index (χ1n) is 10.1.